The van der Waals surface area contributed by atoms with Gasteiger partial charge in [-0.3, -0.25) is 0 Å². The third kappa shape index (κ3) is 2.16. The topological polar surface area (TPSA) is 41.1 Å². The molecule has 0 unspecified atom stereocenters. The normalized spacial score (nSPS) is 26.0. The van der Waals surface area contributed by atoms with Gasteiger partial charge in [0.25, 0.3) is 7.41 Å². The lowest BCUT2D eigenvalue weighted by atomic mass is 9.96. The van der Waals surface area contributed by atoms with Crippen LogP contribution in [0.2, 0.25) is 0 Å². The molecule has 1 aliphatic heterocycles. The minimum Gasteiger partial charge on any atom is -0.350 e. The second-order valence-corrected chi connectivity index (χ2v) is 2.16. The van der Waals surface area contributed by atoms with E-state index in [1.807, 2.05) is 0 Å². The Kier molecular flexibility index (Phi) is 2.74. The SMILES string of the molecule is O=C[B]N[C@@H]1CCNC1. The molecule has 4 heteroatoms. The fourth-order valence-corrected chi connectivity index (χ4v) is 0.972. The lowest BCUT2D eigenvalue weighted by molar-refractivity contribution is 0.566. The molecule has 1 atom stereocenters. The van der Waals surface area contributed by atoms with E-state index in [9.17, 15) is 4.79 Å². The molecule has 49 valence electrons. The molecule has 1 fully saturated rings. The molecule has 1 rings (SSSR count). The Hall–Kier alpha value is -0.345. The maximum absolute atomic E-state index is 9.82. The monoisotopic (exact) mass is 125 g/mol. The number of hydrogen-bond donors (Lipinski definition) is 2. The molecule has 2 N–H and O–H groups in total. The molecule has 3 nitrogen and oxygen atoms in total. The van der Waals surface area contributed by atoms with Crippen molar-refractivity contribution in [3.63, 3.8) is 0 Å². The number of carbonyl (C=O) groups is 1. The highest BCUT2D eigenvalue weighted by molar-refractivity contribution is 6.64. The van der Waals surface area contributed by atoms with Gasteiger partial charge in [0.1, 0.15) is 0 Å². The van der Waals surface area contributed by atoms with Crippen LogP contribution in [0, 0.1) is 0 Å². The van der Waals surface area contributed by atoms with Crippen molar-refractivity contribution in [1.82, 2.24) is 10.5 Å². The lowest BCUT2D eigenvalue weighted by Crippen LogP contribution is -2.34. The number of carbonyl (C=O) groups excluding carboxylic acids is 1. The minimum atomic E-state index is 0.468. The average Bonchev–Trinajstić information content (AvgIpc) is 2.34. The second kappa shape index (κ2) is 3.64. The van der Waals surface area contributed by atoms with Gasteiger partial charge < -0.3 is 15.3 Å². The Labute approximate surface area is 55.5 Å². The van der Waals surface area contributed by atoms with Crippen molar-refractivity contribution in [3.05, 3.63) is 0 Å². The summed E-state index contributed by atoms with van der Waals surface area (Å²) in [6, 6.07) is 0.468. The van der Waals surface area contributed by atoms with Crippen LogP contribution in [-0.2, 0) is 4.79 Å². The van der Waals surface area contributed by atoms with Gasteiger partial charge >= 0.3 is 0 Å². The van der Waals surface area contributed by atoms with Crippen molar-refractivity contribution in [2.75, 3.05) is 13.1 Å². The molecular weight excluding hydrogens is 115 g/mol. The van der Waals surface area contributed by atoms with E-state index in [2.05, 4.69) is 10.5 Å². The van der Waals surface area contributed by atoms with Crippen LogP contribution in [0.5, 0.6) is 0 Å². The van der Waals surface area contributed by atoms with Gasteiger partial charge in [0.15, 0.2) is 0 Å². The smallest absolute Gasteiger partial charge is 0.290 e. The van der Waals surface area contributed by atoms with Gasteiger partial charge in [0, 0.05) is 12.6 Å². The highest BCUT2D eigenvalue weighted by Crippen LogP contribution is 1.94. The van der Waals surface area contributed by atoms with E-state index < -0.39 is 0 Å². The quantitative estimate of drug-likeness (QED) is 0.365. The predicted molar refractivity (Wildman–Crippen MR) is 36.9 cm³/mol. The van der Waals surface area contributed by atoms with Crippen LogP contribution in [0.3, 0.4) is 0 Å². The Balaban J connectivity index is 2.04. The maximum atomic E-state index is 9.82. The van der Waals surface area contributed by atoms with Crippen molar-refractivity contribution in [2.45, 2.75) is 12.5 Å². The summed E-state index contributed by atoms with van der Waals surface area (Å²) in [5, 5.41) is 6.16. The molecule has 0 aromatic carbocycles. The summed E-state index contributed by atoms with van der Waals surface area (Å²) in [5.41, 5.74) is 0. The summed E-state index contributed by atoms with van der Waals surface area (Å²) in [6.45, 7) is 2.04. The second-order valence-electron chi connectivity index (χ2n) is 2.16. The Morgan fingerprint density at radius 3 is 3.22 bits per heavy atom. The van der Waals surface area contributed by atoms with Crippen LogP contribution >= 0.6 is 0 Å². The van der Waals surface area contributed by atoms with Gasteiger partial charge in [-0.1, -0.05) is 0 Å². The van der Waals surface area contributed by atoms with E-state index >= 15 is 0 Å². The van der Waals surface area contributed by atoms with Crippen molar-refractivity contribution < 1.29 is 4.79 Å². The predicted octanol–water partition coefficient (Wildman–Crippen LogP) is -1.25. The number of hydrogen-bond acceptors (Lipinski definition) is 3. The van der Waals surface area contributed by atoms with E-state index in [0.29, 0.717) is 6.04 Å². The Morgan fingerprint density at radius 2 is 2.67 bits per heavy atom. The molecule has 0 aromatic heterocycles. The molecule has 0 amide bonds. The van der Waals surface area contributed by atoms with Crippen LogP contribution in [0.25, 0.3) is 0 Å². The first-order chi connectivity index (χ1) is 4.43. The van der Waals surface area contributed by atoms with Crippen LogP contribution in [-0.4, -0.2) is 32.7 Å². The first-order valence-corrected chi connectivity index (χ1v) is 3.17. The number of rotatable bonds is 3. The number of nitrogens with one attached hydrogen (secondary N) is 2. The molecule has 1 heterocycles. The molecule has 0 aromatic rings. The van der Waals surface area contributed by atoms with E-state index in [4.69, 9.17) is 0 Å². The van der Waals surface area contributed by atoms with Crippen LogP contribution in [0.1, 0.15) is 6.42 Å². The Bertz CT molecular complexity index is 93.0. The molecule has 0 bridgehead atoms. The van der Waals surface area contributed by atoms with E-state index in [-0.39, 0.29) is 0 Å². The first kappa shape index (κ1) is 6.77. The van der Waals surface area contributed by atoms with Crippen molar-refractivity contribution >= 4 is 13.6 Å². The van der Waals surface area contributed by atoms with Crippen molar-refractivity contribution in [3.8, 4) is 0 Å². The van der Waals surface area contributed by atoms with E-state index in [1.54, 1.807) is 0 Å². The lowest BCUT2D eigenvalue weighted by Gasteiger charge is -2.05. The summed E-state index contributed by atoms with van der Waals surface area (Å²) < 4.78 is 0. The summed E-state index contributed by atoms with van der Waals surface area (Å²) in [7, 11) is 1.46. The standard InChI is InChI=1S/C5H10BN2O/c9-4-6-8-5-1-2-7-3-5/h4-5,7-8H,1-3H2/t5-/m1/s1. The van der Waals surface area contributed by atoms with E-state index in [1.165, 1.54) is 7.41 Å². The van der Waals surface area contributed by atoms with E-state index in [0.717, 1.165) is 25.7 Å². The molecule has 0 aliphatic carbocycles. The van der Waals surface area contributed by atoms with Crippen LogP contribution in [0.4, 0.5) is 0 Å². The highest BCUT2D eigenvalue weighted by Gasteiger charge is 2.12. The third-order valence-corrected chi connectivity index (χ3v) is 1.46. The molecule has 1 saturated heterocycles. The van der Waals surface area contributed by atoms with Gasteiger partial charge in [0.2, 0.25) is 0 Å². The van der Waals surface area contributed by atoms with Gasteiger partial charge in [0.05, 0.1) is 6.19 Å². The summed E-state index contributed by atoms with van der Waals surface area (Å²) in [6.07, 6.45) is 1.89. The van der Waals surface area contributed by atoms with Crippen molar-refractivity contribution in [1.29, 1.82) is 0 Å². The van der Waals surface area contributed by atoms with Gasteiger partial charge in [-0.2, -0.15) is 0 Å². The largest absolute Gasteiger partial charge is 0.350 e. The van der Waals surface area contributed by atoms with Crippen LogP contribution in [0.15, 0.2) is 0 Å². The summed E-state index contributed by atoms with van der Waals surface area (Å²) in [4.78, 5) is 9.82. The molecule has 1 radical (unpaired) electrons. The minimum absolute atomic E-state index is 0.468. The zero-order valence-corrected chi connectivity index (χ0v) is 5.26. The first-order valence-electron chi connectivity index (χ1n) is 3.17. The summed E-state index contributed by atoms with van der Waals surface area (Å²) in [5.74, 6) is 0. The molecule has 0 spiro atoms. The third-order valence-electron chi connectivity index (χ3n) is 1.46. The zero-order valence-electron chi connectivity index (χ0n) is 5.26. The van der Waals surface area contributed by atoms with Gasteiger partial charge in [-0.15, -0.1) is 0 Å². The summed E-state index contributed by atoms with van der Waals surface area (Å²) >= 11 is 0. The maximum Gasteiger partial charge on any atom is 0.290 e. The van der Waals surface area contributed by atoms with Gasteiger partial charge in [-0.25, -0.2) is 0 Å². The molecular formula is C5H10BN2O. The molecule has 9 heavy (non-hydrogen) atoms. The van der Waals surface area contributed by atoms with Crippen LogP contribution < -0.4 is 10.5 Å². The average molecular weight is 125 g/mol. The molecule has 0 saturated carbocycles. The fraction of sp³-hybridized carbons (Fsp3) is 0.800. The van der Waals surface area contributed by atoms with Gasteiger partial charge in [-0.05, 0) is 13.0 Å². The Morgan fingerprint density at radius 1 is 1.78 bits per heavy atom. The zero-order chi connectivity index (χ0) is 6.53. The molecule has 1 aliphatic rings. The fourth-order valence-electron chi connectivity index (χ4n) is 0.972. The van der Waals surface area contributed by atoms with Crippen molar-refractivity contribution in [2.24, 2.45) is 0 Å². The highest BCUT2D eigenvalue weighted by atomic mass is 16.1.